The van der Waals surface area contributed by atoms with Gasteiger partial charge in [-0.05, 0) is 42.5 Å². The molecule has 0 N–H and O–H groups in total. The van der Waals surface area contributed by atoms with Crippen molar-refractivity contribution in [3.8, 4) is 0 Å². The highest BCUT2D eigenvalue weighted by Gasteiger charge is 2.29. The molecule has 3 heteroatoms. The molecule has 0 aliphatic carbocycles. The number of alkyl halides is 2. The number of rotatable bonds is 7. The molecule has 0 saturated carbocycles. The molecule has 0 radical (unpaired) electrons. The Kier molecular flexibility index (Phi) is 6.97. The minimum Gasteiger partial charge on any atom is -0.0918 e. The first-order valence-electron chi connectivity index (χ1n) is 7.12. The molecular formula is C18H19Br3. The average molecular weight is 475 g/mol. The van der Waals surface area contributed by atoms with E-state index >= 15 is 0 Å². The zero-order chi connectivity index (χ0) is 15.1. The van der Waals surface area contributed by atoms with Gasteiger partial charge in [0.15, 0.2) is 0 Å². The second-order valence-electron chi connectivity index (χ2n) is 5.40. The Morgan fingerprint density at radius 2 is 1.57 bits per heavy atom. The fourth-order valence-corrected chi connectivity index (χ4v) is 5.10. The predicted molar refractivity (Wildman–Crippen MR) is 103 cm³/mol. The van der Waals surface area contributed by atoms with Crippen molar-refractivity contribution >= 4 is 47.8 Å². The molecule has 0 fully saturated rings. The Hall–Kier alpha value is -0.120. The number of hydrogen-bond acceptors (Lipinski definition) is 0. The van der Waals surface area contributed by atoms with Gasteiger partial charge in [0.2, 0.25) is 0 Å². The lowest BCUT2D eigenvalue weighted by Crippen LogP contribution is -2.30. The van der Waals surface area contributed by atoms with Crippen LogP contribution in [-0.2, 0) is 11.8 Å². The largest absolute Gasteiger partial charge is 0.0918 e. The molecule has 2 aromatic carbocycles. The maximum atomic E-state index is 3.74. The fourth-order valence-electron chi connectivity index (χ4n) is 2.56. The van der Waals surface area contributed by atoms with E-state index in [9.17, 15) is 0 Å². The Labute approximate surface area is 152 Å². The van der Waals surface area contributed by atoms with Gasteiger partial charge in [-0.15, -0.1) is 0 Å². The lowest BCUT2D eigenvalue weighted by Gasteiger charge is -2.31. The van der Waals surface area contributed by atoms with Gasteiger partial charge in [-0.2, -0.15) is 0 Å². The Bertz CT molecular complexity index is 547. The van der Waals surface area contributed by atoms with E-state index in [0.717, 1.165) is 28.0 Å². The van der Waals surface area contributed by atoms with Gasteiger partial charge >= 0.3 is 0 Å². The van der Waals surface area contributed by atoms with Crippen molar-refractivity contribution in [1.82, 2.24) is 0 Å². The van der Waals surface area contributed by atoms with Crippen LogP contribution in [0.25, 0.3) is 0 Å². The summed E-state index contributed by atoms with van der Waals surface area (Å²) in [5.41, 5.74) is 2.96. The lowest BCUT2D eigenvalue weighted by molar-refractivity contribution is 0.484. The normalized spacial score (nSPS) is 11.6. The van der Waals surface area contributed by atoms with Crippen LogP contribution in [0.1, 0.15) is 24.0 Å². The van der Waals surface area contributed by atoms with Crippen LogP contribution in [0, 0.1) is 0 Å². The molecule has 2 rings (SSSR count). The molecule has 112 valence electrons. The predicted octanol–water partition coefficient (Wildman–Crippen LogP) is 6.50. The summed E-state index contributed by atoms with van der Waals surface area (Å²) in [6.07, 6.45) is 3.49. The van der Waals surface area contributed by atoms with Crippen LogP contribution in [-0.4, -0.2) is 10.7 Å². The average Bonchev–Trinajstić information content (AvgIpc) is 2.53. The number of aryl methyl sites for hydroxylation is 1. The highest BCUT2D eigenvalue weighted by Crippen LogP contribution is 2.35. The maximum absolute atomic E-state index is 3.74. The molecule has 0 aromatic heterocycles. The standard InChI is InChI=1S/C18H19Br3/c19-13-18(14-20,16-9-4-10-17(21)12-16)11-5-8-15-6-2-1-3-7-15/h1-4,6-7,9-10,12H,5,8,11,13-14H2. The van der Waals surface area contributed by atoms with Gasteiger partial charge in [-0.1, -0.05) is 90.3 Å². The summed E-state index contributed by atoms with van der Waals surface area (Å²) in [5, 5.41) is 1.94. The van der Waals surface area contributed by atoms with E-state index in [1.807, 2.05) is 0 Å². The van der Waals surface area contributed by atoms with E-state index in [1.165, 1.54) is 17.5 Å². The smallest absolute Gasteiger partial charge is 0.0178 e. The van der Waals surface area contributed by atoms with Crippen molar-refractivity contribution in [2.75, 3.05) is 10.7 Å². The molecule has 0 unspecified atom stereocenters. The van der Waals surface area contributed by atoms with Gasteiger partial charge in [-0.3, -0.25) is 0 Å². The molecular weight excluding hydrogens is 456 g/mol. The molecule has 0 aliphatic heterocycles. The third-order valence-electron chi connectivity index (χ3n) is 3.91. The molecule has 0 atom stereocenters. The third-order valence-corrected chi connectivity index (χ3v) is 6.55. The zero-order valence-corrected chi connectivity index (χ0v) is 16.6. The van der Waals surface area contributed by atoms with Crippen LogP contribution in [0.15, 0.2) is 59.1 Å². The number of benzene rings is 2. The van der Waals surface area contributed by atoms with Crippen LogP contribution < -0.4 is 0 Å². The summed E-state index contributed by atoms with van der Waals surface area (Å²) in [5.74, 6) is 0. The highest BCUT2D eigenvalue weighted by molar-refractivity contribution is 9.10. The Morgan fingerprint density at radius 1 is 0.857 bits per heavy atom. The van der Waals surface area contributed by atoms with Crippen molar-refractivity contribution in [1.29, 1.82) is 0 Å². The van der Waals surface area contributed by atoms with Gasteiger partial charge in [0.25, 0.3) is 0 Å². The van der Waals surface area contributed by atoms with Gasteiger partial charge in [0, 0.05) is 20.5 Å². The van der Waals surface area contributed by atoms with Crippen LogP contribution in [0.4, 0.5) is 0 Å². The SMILES string of the molecule is BrCC(CBr)(CCCc1ccccc1)c1cccc(Br)c1. The molecule has 0 nitrogen and oxygen atoms in total. The van der Waals surface area contributed by atoms with Crippen LogP contribution in [0.3, 0.4) is 0 Å². The molecule has 2 aromatic rings. The van der Waals surface area contributed by atoms with Crippen LogP contribution in [0.2, 0.25) is 0 Å². The molecule has 0 aliphatic rings. The molecule has 0 saturated heterocycles. The van der Waals surface area contributed by atoms with E-state index in [2.05, 4.69) is 102 Å². The molecule has 21 heavy (non-hydrogen) atoms. The molecule has 0 spiro atoms. The van der Waals surface area contributed by atoms with Gasteiger partial charge in [0.05, 0.1) is 0 Å². The van der Waals surface area contributed by atoms with Crippen molar-refractivity contribution < 1.29 is 0 Å². The summed E-state index contributed by atoms with van der Waals surface area (Å²) < 4.78 is 1.15. The number of hydrogen-bond donors (Lipinski definition) is 0. The van der Waals surface area contributed by atoms with Gasteiger partial charge < -0.3 is 0 Å². The fraction of sp³-hybridized carbons (Fsp3) is 0.333. The second kappa shape index (κ2) is 8.50. The van der Waals surface area contributed by atoms with Crippen molar-refractivity contribution in [2.24, 2.45) is 0 Å². The van der Waals surface area contributed by atoms with Gasteiger partial charge in [0.1, 0.15) is 0 Å². The maximum Gasteiger partial charge on any atom is 0.0178 e. The summed E-state index contributed by atoms with van der Waals surface area (Å²) in [4.78, 5) is 0. The summed E-state index contributed by atoms with van der Waals surface area (Å²) in [6, 6.07) is 19.4. The zero-order valence-electron chi connectivity index (χ0n) is 11.9. The van der Waals surface area contributed by atoms with E-state index in [-0.39, 0.29) is 5.41 Å². The topological polar surface area (TPSA) is 0 Å². The number of halogens is 3. The van der Waals surface area contributed by atoms with Crippen LogP contribution in [0.5, 0.6) is 0 Å². The third kappa shape index (κ3) is 4.67. The lowest BCUT2D eigenvalue weighted by atomic mass is 9.80. The van der Waals surface area contributed by atoms with Crippen LogP contribution >= 0.6 is 47.8 Å². The van der Waals surface area contributed by atoms with Crippen molar-refractivity contribution in [3.63, 3.8) is 0 Å². The Morgan fingerprint density at radius 3 is 2.19 bits per heavy atom. The van der Waals surface area contributed by atoms with Crippen molar-refractivity contribution in [2.45, 2.75) is 24.7 Å². The van der Waals surface area contributed by atoms with E-state index in [0.29, 0.717) is 0 Å². The quantitative estimate of drug-likeness (QED) is 0.402. The highest BCUT2D eigenvalue weighted by atomic mass is 79.9. The Balaban J connectivity index is 2.08. The molecule has 0 heterocycles. The minimum absolute atomic E-state index is 0.151. The van der Waals surface area contributed by atoms with E-state index in [1.54, 1.807) is 0 Å². The van der Waals surface area contributed by atoms with Crippen molar-refractivity contribution in [3.05, 3.63) is 70.2 Å². The van der Waals surface area contributed by atoms with Gasteiger partial charge in [-0.25, -0.2) is 0 Å². The van der Waals surface area contributed by atoms with E-state index in [4.69, 9.17) is 0 Å². The first-order valence-corrected chi connectivity index (χ1v) is 10.2. The first kappa shape index (κ1) is 17.2. The monoisotopic (exact) mass is 472 g/mol. The summed E-state index contributed by atoms with van der Waals surface area (Å²) in [6.45, 7) is 0. The molecule has 0 amide bonds. The second-order valence-corrected chi connectivity index (χ2v) is 7.43. The molecule has 0 bridgehead atoms. The first-order chi connectivity index (χ1) is 10.2. The summed E-state index contributed by atoms with van der Waals surface area (Å²) in [7, 11) is 0. The minimum atomic E-state index is 0.151. The van der Waals surface area contributed by atoms with E-state index < -0.39 is 0 Å². The summed E-state index contributed by atoms with van der Waals surface area (Å²) >= 11 is 11.1.